The SMILES string of the molecule is CC(C(=O)Nc1ccc(C#N)c(Cl)c1)=C1CNC1. The van der Waals surface area contributed by atoms with Crippen molar-refractivity contribution < 1.29 is 4.79 Å². The Morgan fingerprint density at radius 3 is 2.72 bits per heavy atom. The van der Waals surface area contributed by atoms with E-state index in [2.05, 4.69) is 10.6 Å². The van der Waals surface area contributed by atoms with E-state index in [4.69, 9.17) is 16.9 Å². The van der Waals surface area contributed by atoms with E-state index in [1.54, 1.807) is 25.1 Å². The molecule has 1 aliphatic heterocycles. The molecule has 1 fully saturated rings. The van der Waals surface area contributed by atoms with Crippen molar-refractivity contribution in [3.05, 3.63) is 39.9 Å². The Morgan fingerprint density at radius 2 is 2.22 bits per heavy atom. The first-order valence-corrected chi connectivity index (χ1v) is 5.90. The van der Waals surface area contributed by atoms with Gasteiger partial charge in [0.1, 0.15) is 6.07 Å². The summed E-state index contributed by atoms with van der Waals surface area (Å²) in [6, 6.07) is 6.81. The van der Waals surface area contributed by atoms with E-state index in [0.29, 0.717) is 16.3 Å². The number of amides is 1. The zero-order valence-electron chi connectivity index (χ0n) is 9.88. The number of nitriles is 1. The highest BCUT2D eigenvalue weighted by atomic mass is 35.5. The third kappa shape index (κ3) is 2.53. The molecule has 1 heterocycles. The smallest absolute Gasteiger partial charge is 0.251 e. The summed E-state index contributed by atoms with van der Waals surface area (Å²) < 4.78 is 0. The second kappa shape index (κ2) is 5.21. The van der Waals surface area contributed by atoms with Crippen LogP contribution in [-0.2, 0) is 4.79 Å². The highest BCUT2D eigenvalue weighted by molar-refractivity contribution is 6.32. The number of nitrogens with one attached hydrogen (secondary N) is 2. The second-order valence-corrected chi connectivity index (χ2v) is 4.50. The van der Waals surface area contributed by atoms with Crippen molar-refractivity contribution in [2.45, 2.75) is 6.92 Å². The van der Waals surface area contributed by atoms with Gasteiger partial charge in [-0.15, -0.1) is 0 Å². The summed E-state index contributed by atoms with van der Waals surface area (Å²) in [6.45, 7) is 3.34. The fourth-order valence-electron chi connectivity index (χ4n) is 1.58. The predicted octanol–water partition coefficient (Wildman–Crippen LogP) is 2.07. The molecule has 18 heavy (non-hydrogen) atoms. The van der Waals surface area contributed by atoms with Crippen LogP contribution < -0.4 is 10.6 Å². The summed E-state index contributed by atoms with van der Waals surface area (Å²) in [5.41, 5.74) is 2.84. The molecule has 1 aromatic carbocycles. The van der Waals surface area contributed by atoms with Gasteiger partial charge in [-0.2, -0.15) is 5.26 Å². The van der Waals surface area contributed by atoms with Crippen LogP contribution in [0.15, 0.2) is 29.3 Å². The standard InChI is InChI=1S/C13H12ClN3O/c1-8(10-6-16-7-10)13(18)17-11-3-2-9(5-15)12(14)4-11/h2-4,16H,6-7H2,1H3,(H,17,18). The van der Waals surface area contributed by atoms with Crippen molar-refractivity contribution in [2.75, 3.05) is 18.4 Å². The fraction of sp³-hybridized carbons (Fsp3) is 0.231. The van der Waals surface area contributed by atoms with Gasteiger partial charge < -0.3 is 10.6 Å². The summed E-state index contributed by atoms with van der Waals surface area (Å²) in [4.78, 5) is 11.9. The zero-order valence-corrected chi connectivity index (χ0v) is 10.6. The summed E-state index contributed by atoms with van der Waals surface area (Å²) in [7, 11) is 0. The number of nitrogens with zero attached hydrogens (tertiary/aromatic N) is 1. The average Bonchev–Trinajstić information content (AvgIpc) is 2.26. The molecule has 0 aliphatic carbocycles. The van der Waals surface area contributed by atoms with E-state index in [9.17, 15) is 4.79 Å². The van der Waals surface area contributed by atoms with Gasteiger partial charge in [0.25, 0.3) is 5.91 Å². The van der Waals surface area contributed by atoms with Crippen LogP contribution in [-0.4, -0.2) is 19.0 Å². The molecule has 1 amide bonds. The highest BCUT2D eigenvalue weighted by Gasteiger charge is 2.16. The number of benzene rings is 1. The number of hydrogen-bond donors (Lipinski definition) is 2. The Labute approximate surface area is 110 Å². The summed E-state index contributed by atoms with van der Waals surface area (Å²) in [5, 5.41) is 14.9. The van der Waals surface area contributed by atoms with Crippen LogP contribution in [0.5, 0.6) is 0 Å². The molecule has 0 radical (unpaired) electrons. The van der Waals surface area contributed by atoms with Crippen LogP contribution in [0.4, 0.5) is 5.69 Å². The lowest BCUT2D eigenvalue weighted by atomic mass is 10.0. The second-order valence-electron chi connectivity index (χ2n) is 4.09. The molecule has 1 saturated heterocycles. The van der Waals surface area contributed by atoms with E-state index < -0.39 is 0 Å². The zero-order chi connectivity index (χ0) is 13.1. The van der Waals surface area contributed by atoms with Crippen molar-refractivity contribution in [2.24, 2.45) is 0 Å². The van der Waals surface area contributed by atoms with Gasteiger partial charge in [-0.3, -0.25) is 4.79 Å². The molecule has 0 unspecified atom stereocenters. The predicted molar refractivity (Wildman–Crippen MR) is 70.4 cm³/mol. The maximum Gasteiger partial charge on any atom is 0.251 e. The molecule has 0 atom stereocenters. The third-order valence-corrected chi connectivity index (χ3v) is 3.21. The van der Waals surface area contributed by atoms with E-state index >= 15 is 0 Å². The van der Waals surface area contributed by atoms with Gasteiger partial charge in [0.15, 0.2) is 0 Å². The van der Waals surface area contributed by atoms with Crippen LogP contribution in [0.1, 0.15) is 12.5 Å². The Kier molecular flexibility index (Phi) is 3.66. The lowest BCUT2D eigenvalue weighted by Crippen LogP contribution is -2.36. The maximum absolute atomic E-state index is 11.9. The van der Waals surface area contributed by atoms with E-state index in [1.807, 2.05) is 6.07 Å². The van der Waals surface area contributed by atoms with Crippen molar-refractivity contribution in [1.29, 1.82) is 5.26 Å². The van der Waals surface area contributed by atoms with Crippen LogP contribution >= 0.6 is 11.6 Å². The monoisotopic (exact) mass is 261 g/mol. The van der Waals surface area contributed by atoms with Crippen molar-refractivity contribution in [3.63, 3.8) is 0 Å². The molecule has 4 nitrogen and oxygen atoms in total. The molecular formula is C13H12ClN3O. The summed E-state index contributed by atoms with van der Waals surface area (Å²) in [5.74, 6) is -0.132. The third-order valence-electron chi connectivity index (χ3n) is 2.90. The van der Waals surface area contributed by atoms with E-state index in [-0.39, 0.29) is 5.91 Å². The van der Waals surface area contributed by atoms with E-state index in [1.165, 1.54) is 0 Å². The van der Waals surface area contributed by atoms with E-state index in [0.717, 1.165) is 24.2 Å². The number of rotatable bonds is 2. The molecule has 0 spiro atoms. The topological polar surface area (TPSA) is 64.9 Å². The fourth-order valence-corrected chi connectivity index (χ4v) is 1.81. The summed E-state index contributed by atoms with van der Waals surface area (Å²) >= 11 is 5.90. The molecular weight excluding hydrogens is 250 g/mol. The van der Waals surface area contributed by atoms with Crippen LogP contribution in [0.2, 0.25) is 5.02 Å². The lowest BCUT2D eigenvalue weighted by molar-refractivity contribution is -0.112. The first-order chi connectivity index (χ1) is 8.61. The molecule has 0 bridgehead atoms. The minimum Gasteiger partial charge on any atom is -0.322 e. The van der Waals surface area contributed by atoms with Gasteiger partial charge in [0, 0.05) is 24.4 Å². The van der Waals surface area contributed by atoms with Gasteiger partial charge >= 0.3 is 0 Å². The number of anilines is 1. The van der Waals surface area contributed by atoms with Crippen molar-refractivity contribution in [1.82, 2.24) is 5.32 Å². The lowest BCUT2D eigenvalue weighted by Gasteiger charge is -2.21. The molecule has 1 aliphatic rings. The van der Waals surface area contributed by atoms with Gasteiger partial charge in [0.2, 0.25) is 0 Å². The molecule has 92 valence electrons. The minimum absolute atomic E-state index is 0.132. The minimum atomic E-state index is -0.132. The normalized spacial score (nSPS) is 13.5. The Morgan fingerprint density at radius 1 is 1.50 bits per heavy atom. The number of carbonyl (C=O) groups is 1. The van der Waals surface area contributed by atoms with Crippen LogP contribution in [0, 0.1) is 11.3 Å². The molecule has 2 rings (SSSR count). The van der Waals surface area contributed by atoms with Crippen LogP contribution in [0.3, 0.4) is 0 Å². The van der Waals surface area contributed by atoms with Crippen molar-refractivity contribution >= 4 is 23.2 Å². The first-order valence-electron chi connectivity index (χ1n) is 5.52. The average molecular weight is 262 g/mol. The maximum atomic E-state index is 11.9. The molecule has 2 N–H and O–H groups in total. The molecule has 0 aromatic heterocycles. The van der Waals surface area contributed by atoms with Gasteiger partial charge in [-0.05, 0) is 30.7 Å². The number of halogens is 1. The van der Waals surface area contributed by atoms with Gasteiger partial charge in [-0.25, -0.2) is 0 Å². The number of hydrogen-bond acceptors (Lipinski definition) is 3. The first kappa shape index (κ1) is 12.6. The Balaban J connectivity index is 2.13. The van der Waals surface area contributed by atoms with Gasteiger partial charge in [0.05, 0.1) is 10.6 Å². The largest absolute Gasteiger partial charge is 0.322 e. The van der Waals surface area contributed by atoms with Crippen molar-refractivity contribution in [3.8, 4) is 6.07 Å². The Hall–Kier alpha value is -1.83. The molecule has 0 saturated carbocycles. The van der Waals surface area contributed by atoms with Crippen LogP contribution in [0.25, 0.3) is 0 Å². The summed E-state index contributed by atoms with van der Waals surface area (Å²) in [6.07, 6.45) is 0. The number of carbonyl (C=O) groups excluding carboxylic acids is 1. The molecule has 1 aromatic rings. The highest BCUT2D eigenvalue weighted by Crippen LogP contribution is 2.21. The Bertz CT molecular complexity index is 566. The quantitative estimate of drug-likeness (QED) is 0.801. The molecule has 5 heteroatoms. The van der Waals surface area contributed by atoms with Gasteiger partial charge in [-0.1, -0.05) is 11.6 Å².